The zero-order valence-electron chi connectivity index (χ0n) is 9.82. The number of aliphatic hydroxyl groups is 2. The van der Waals surface area contributed by atoms with E-state index in [0.717, 1.165) is 6.33 Å². The van der Waals surface area contributed by atoms with E-state index in [0.29, 0.717) is 0 Å². The Labute approximate surface area is 106 Å². The van der Waals surface area contributed by atoms with Gasteiger partial charge in [0.25, 0.3) is 0 Å². The van der Waals surface area contributed by atoms with Crippen LogP contribution in [0.15, 0.2) is 12.7 Å². The summed E-state index contributed by atoms with van der Waals surface area (Å²) in [6.07, 6.45) is 0.357. The molecule has 1 fully saturated rings. The second kappa shape index (κ2) is 4.46. The number of hydrogen-bond donors (Lipinski definition) is 2. The van der Waals surface area contributed by atoms with E-state index < -0.39 is 36.8 Å². The van der Waals surface area contributed by atoms with E-state index in [1.54, 1.807) is 0 Å². The fraction of sp³-hybridized carbons (Fsp3) is 0.545. The van der Waals surface area contributed by atoms with Gasteiger partial charge in [-0.3, -0.25) is 4.39 Å². The molecule has 0 radical (unpaired) electrons. The maximum Gasteiger partial charge on any atom is 0.244 e. The summed E-state index contributed by atoms with van der Waals surface area (Å²) in [7, 11) is 0. The van der Waals surface area contributed by atoms with Crippen molar-refractivity contribution < 1.29 is 19.0 Å². The highest BCUT2D eigenvalue weighted by Crippen LogP contribution is 2.36. The van der Waals surface area contributed by atoms with Gasteiger partial charge in [0, 0.05) is 5.92 Å². The topological polar surface area (TPSA) is 84.1 Å². The molecule has 1 aliphatic rings. The lowest BCUT2D eigenvalue weighted by Crippen LogP contribution is -2.29. The summed E-state index contributed by atoms with van der Waals surface area (Å²) in [5, 5.41) is 19.7. The minimum absolute atomic E-state index is 0.00658. The highest BCUT2D eigenvalue weighted by molar-refractivity contribution is 5.69. The van der Waals surface area contributed by atoms with Gasteiger partial charge in [-0.15, -0.1) is 0 Å². The second-order valence-corrected chi connectivity index (χ2v) is 4.69. The average molecular weight is 270 g/mol. The van der Waals surface area contributed by atoms with Gasteiger partial charge in [-0.2, -0.15) is 4.39 Å². The Hall–Kier alpha value is -1.67. The molecule has 1 saturated carbocycles. The molecular weight excluding hydrogens is 258 g/mol. The van der Waals surface area contributed by atoms with Crippen molar-refractivity contribution in [1.82, 2.24) is 19.5 Å². The van der Waals surface area contributed by atoms with Crippen molar-refractivity contribution in [3.63, 3.8) is 0 Å². The third kappa shape index (κ3) is 1.79. The molecule has 0 spiro atoms. The molecule has 0 aromatic carbocycles. The number of aliphatic hydroxyl groups excluding tert-OH is 2. The van der Waals surface area contributed by atoms with Crippen LogP contribution in [0, 0.1) is 11.9 Å². The number of halogens is 2. The van der Waals surface area contributed by atoms with Gasteiger partial charge in [0.05, 0.1) is 25.1 Å². The molecule has 0 unspecified atom stereocenters. The normalized spacial score (nSPS) is 31.2. The lowest BCUT2D eigenvalue weighted by atomic mass is 10.1. The van der Waals surface area contributed by atoms with Crippen molar-refractivity contribution in [3.05, 3.63) is 18.6 Å². The Kier molecular flexibility index (Phi) is 2.90. The van der Waals surface area contributed by atoms with Crippen molar-refractivity contribution in [3.8, 4) is 0 Å². The number of alkyl halides is 1. The number of fused-ring (bicyclic) bond motifs is 1. The molecule has 2 aromatic rings. The van der Waals surface area contributed by atoms with Crippen LogP contribution in [0.1, 0.15) is 12.5 Å². The summed E-state index contributed by atoms with van der Waals surface area (Å²) in [5.74, 6) is -1.39. The largest absolute Gasteiger partial charge is 0.390 e. The predicted octanol–water partition coefficient (Wildman–Crippen LogP) is 0.218. The minimum atomic E-state index is -1.14. The Morgan fingerprint density at radius 3 is 2.74 bits per heavy atom. The molecule has 0 aliphatic heterocycles. The van der Waals surface area contributed by atoms with E-state index in [-0.39, 0.29) is 17.6 Å². The summed E-state index contributed by atoms with van der Waals surface area (Å²) in [5.41, 5.74) is 0.219. The number of rotatable bonds is 2. The molecule has 2 heterocycles. The van der Waals surface area contributed by atoms with Crippen LogP contribution in [0.2, 0.25) is 0 Å². The Bertz CT molecular complexity index is 605. The number of imidazole rings is 1. The summed E-state index contributed by atoms with van der Waals surface area (Å²) >= 11 is 0. The first kappa shape index (κ1) is 12.4. The highest BCUT2D eigenvalue weighted by Gasteiger charge is 2.43. The van der Waals surface area contributed by atoms with Crippen molar-refractivity contribution in [2.45, 2.75) is 24.7 Å². The van der Waals surface area contributed by atoms with E-state index in [4.69, 9.17) is 0 Å². The second-order valence-electron chi connectivity index (χ2n) is 4.69. The predicted molar refractivity (Wildman–Crippen MR) is 60.4 cm³/mol. The molecule has 4 atom stereocenters. The molecule has 2 aromatic heterocycles. The van der Waals surface area contributed by atoms with Gasteiger partial charge in [0.1, 0.15) is 12.4 Å². The van der Waals surface area contributed by atoms with Crippen LogP contribution in [0.3, 0.4) is 0 Å². The van der Waals surface area contributed by atoms with Gasteiger partial charge in [-0.25, -0.2) is 15.0 Å². The molecule has 2 N–H and O–H groups in total. The fourth-order valence-corrected chi connectivity index (χ4v) is 2.59. The lowest BCUT2D eigenvalue weighted by molar-refractivity contribution is 0.00271. The van der Waals surface area contributed by atoms with E-state index in [2.05, 4.69) is 15.0 Å². The van der Waals surface area contributed by atoms with Gasteiger partial charge in [0.2, 0.25) is 5.95 Å². The van der Waals surface area contributed by atoms with Crippen LogP contribution in [-0.4, -0.2) is 48.6 Å². The van der Waals surface area contributed by atoms with Gasteiger partial charge < -0.3 is 14.8 Å². The third-order valence-electron chi connectivity index (χ3n) is 3.64. The monoisotopic (exact) mass is 270 g/mol. The van der Waals surface area contributed by atoms with Crippen LogP contribution in [0.5, 0.6) is 0 Å². The van der Waals surface area contributed by atoms with Crippen molar-refractivity contribution >= 4 is 11.2 Å². The maximum atomic E-state index is 13.4. The zero-order chi connectivity index (χ0) is 13.6. The summed E-state index contributed by atoms with van der Waals surface area (Å²) in [4.78, 5) is 11.2. The van der Waals surface area contributed by atoms with E-state index in [1.165, 1.54) is 10.9 Å². The van der Waals surface area contributed by atoms with Gasteiger partial charge in [-0.05, 0) is 6.42 Å². The number of hydrogen-bond acceptors (Lipinski definition) is 5. The van der Waals surface area contributed by atoms with E-state index in [9.17, 15) is 19.0 Å². The van der Waals surface area contributed by atoms with Crippen LogP contribution in [0.25, 0.3) is 11.2 Å². The quantitative estimate of drug-likeness (QED) is 0.762. The Morgan fingerprint density at radius 1 is 1.26 bits per heavy atom. The smallest absolute Gasteiger partial charge is 0.244 e. The molecule has 19 heavy (non-hydrogen) atoms. The Morgan fingerprint density at radius 2 is 2.05 bits per heavy atom. The molecule has 8 heteroatoms. The van der Waals surface area contributed by atoms with E-state index >= 15 is 0 Å². The van der Waals surface area contributed by atoms with Crippen LogP contribution in [0.4, 0.5) is 8.78 Å². The molecular formula is C11H12F2N4O2. The molecule has 0 amide bonds. The molecule has 1 aliphatic carbocycles. The first-order chi connectivity index (χ1) is 9.13. The molecule has 0 bridgehead atoms. The third-order valence-corrected chi connectivity index (χ3v) is 3.64. The maximum absolute atomic E-state index is 13.4. The van der Waals surface area contributed by atoms with Crippen LogP contribution >= 0.6 is 0 Å². The summed E-state index contributed by atoms with van der Waals surface area (Å²) < 4.78 is 27.6. The van der Waals surface area contributed by atoms with Gasteiger partial charge >= 0.3 is 0 Å². The minimum Gasteiger partial charge on any atom is -0.390 e. The van der Waals surface area contributed by atoms with Crippen molar-refractivity contribution in [2.75, 3.05) is 6.67 Å². The first-order valence-corrected chi connectivity index (χ1v) is 5.88. The van der Waals surface area contributed by atoms with Crippen LogP contribution < -0.4 is 0 Å². The fourth-order valence-electron chi connectivity index (χ4n) is 2.59. The summed E-state index contributed by atoms with van der Waals surface area (Å²) in [6.45, 7) is -0.718. The van der Waals surface area contributed by atoms with Crippen LogP contribution in [-0.2, 0) is 0 Å². The zero-order valence-corrected chi connectivity index (χ0v) is 9.82. The lowest BCUT2D eigenvalue weighted by Gasteiger charge is -2.18. The molecule has 0 saturated heterocycles. The van der Waals surface area contributed by atoms with Crippen molar-refractivity contribution in [2.24, 2.45) is 5.92 Å². The molecule has 102 valence electrons. The number of aromatic nitrogens is 4. The summed E-state index contributed by atoms with van der Waals surface area (Å²) in [6, 6.07) is -0.574. The molecule has 6 nitrogen and oxygen atoms in total. The van der Waals surface area contributed by atoms with E-state index in [1.807, 2.05) is 0 Å². The van der Waals surface area contributed by atoms with Gasteiger partial charge in [0.15, 0.2) is 11.2 Å². The van der Waals surface area contributed by atoms with Crippen molar-refractivity contribution in [1.29, 1.82) is 0 Å². The van der Waals surface area contributed by atoms with Gasteiger partial charge in [-0.1, -0.05) is 0 Å². The number of nitrogens with zero attached hydrogens (tertiary/aromatic N) is 4. The highest BCUT2D eigenvalue weighted by atomic mass is 19.1. The standard InChI is InChI=1S/C11H12F2N4O2/c12-2-5-1-6(9(19)8(5)18)17-4-16-7-10(13)14-3-15-11(7)17/h3-6,8-9,18-19H,1-2H2/t5-,6+,8+,9-/m0/s1. The first-order valence-electron chi connectivity index (χ1n) is 5.88. The average Bonchev–Trinajstić information content (AvgIpc) is 2.94. The SMILES string of the molecule is O[C@@H]1[C@H](CF)C[C@@H](n2cnc3c(F)ncnc32)[C@@H]1O. The Balaban J connectivity index is 2.04. The molecule has 3 rings (SSSR count).